The Balaban J connectivity index is 1.23. The van der Waals surface area contributed by atoms with E-state index in [1.165, 1.54) is 24.5 Å². The molecule has 222 valence electrons. The molecular formula is C32H31N3O7S. The Morgan fingerprint density at radius 2 is 1.79 bits per heavy atom. The number of carbonyl (C=O) groups is 1. The normalized spacial score (nSPS) is 14.6. The highest BCUT2D eigenvalue weighted by atomic mass is 32.1. The molecule has 0 aliphatic carbocycles. The van der Waals surface area contributed by atoms with Crippen molar-refractivity contribution in [1.82, 2.24) is 9.88 Å². The number of anilines is 1. The van der Waals surface area contributed by atoms with Gasteiger partial charge in [0.15, 0.2) is 16.5 Å². The van der Waals surface area contributed by atoms with Gasteiger partial charge in [0, 0.05) is 37.9 Å². The van der Waals surface area contributed by atoms with Crippen LogP contribution in [0.5, 0.6) is 11.5 Å². The van der Waals surface area contributed by atoms with E-state index in [-0.39, 0.29) is 12.2 Å². The van der Waals surface area contributed by atoms with Crippen LogP contribution in [0.15, 0.2) is 80.4 Å². The largest absolute Gasteiger partial charge is 0.502 e. The van der Waals surface area contributed by atoms with E-state index >= 15 is 0 Å². The quantitative estimate of drug-likeness (QED) is 0.225. The fraction of sp³-hybridized carbons (Fsp3) is 0.281. The fourth-order valence-electron chi connectivity index (χ4n) is 5.25. The van der Waals surface area contributed by atoms with Gasteiger partial charge in [0.2, 0.25) is 11.2 Å². The van der Waals surface area contributed by atoms with Crippen LogP contribution in [-0.2, 0) is 16.1 Å². The van der Waals surface area contributed by atoms with E-state index in [1.807, 2.05) is 48.5 Å². The monoisotopic (exact) mass is 601 g/mol. The maximum absolute atomic E-state index is 12.9. The van der Waals surface area contributed by atoms with Crippen LogP contribution in [0, 0.1) is 0 Å². The minimum Gasteiger partial charge on any atom is -0.502 e. The lowest BCUT2D eigenvalue weighted by Crippen LogP contribution is -2.46. The number of aromatic hydroxyl groups is 1. The minimum atomic E-state index is -0.879. The number of piperazine rings is 1. The number of para-hydroxylation sites is 1. The summed E-state index contributed by atoms with van der Waals surface area (Å²) in [5.41, 5.74) is 1.39. The van der Waals surface area contributed by atoms with Gasteiger partial charge in [0.25, 0.3) is 0 Å². The number of fused-ring (bicyclic) bond motifs is 1. The number of nitrogens with zero attached hydrogens (tertiary/aromatic N) is 3. The number of benzene rings is 2. The molecule has 2 aromatic carbocycles. The van der Waals surface area contributed by atoms with Crippen LogP contribution in [0.4, 0.5) is 5.69 Å². The topological polar surface area (TPSA) is 118 Å². The number of esters is 1. The van der Waals surface area contributed by atoms with Crippen LogP contribution in [0.2, 0.25) is 0 Å². The maximum Gasteiger partial charge on any atom is 0.306 e. The summed E-state index contributed by atoms with van der Waals surface area (Å²) in [4.78, 5) is 34.5. The number of methoxy groups -OCH3 is 2. The molecule has 11 heteroatoms. The summed E-state index contributed by atoms with van der Waals surface area (Å²) in [7, 11) is 2.93. The molecule has 3 aromatic heterocycles. The third-order valence-corrected chi connectivity index (χ3v) is 8.63. The molecule has 5 aromatic rings. The molecule has 1 fully saturated rings. The molecule has 1 aliphatic rings. The predicted molar refractivity (Wildman–Crippen MR) is 163 cm³/mol. The molecule has 1 atom stereocenters. The van der Waals surface area contributed by atoms with E-state index in [1.54, 1.807) is 19.2 Å². The third kappa shape index (κ3) is 6.13. The zero-order valence-corrected chi connectivity index (χ0v) is 24.6. The van der Waals surface area contributed by atoms with E-state index in [2.05, 4.69) is 14.8 Å². The highest BCUT2D eigenvalue weighted by Gasteiger charge is 2.30. The first-order valence-corrected chi connectivity index (χ1v) is 14.7. The average molecular weight is 602 g/mol. The van der Waals surface area contributed by atoms with Crippen molar-refractivity contribution in [3.8, 4) is 22.3 Å². The van der Waals surface area contributed by atoms with Crippen molar-refractivity contribution in [2.45, 2.75) is 18.9 Å². The van der Waals surface area contributed by atoms with Gasteiger partial charge in [0.05, 0.1) is 43.3 Å². The lowest BCUT2D eigenvalue weighted by atomic mass is 9.98. The summed E-state index contributed by atoms with van der Waals surface area (Å²) in [6.45, 7) is 3.47. The van der Waals surface area contributed by atoms with Crippen molar-refractivity contribution >= 4 is 33.2 Å². The number of hydrogen-bond donors (Lipinski definition) is 1. The summed E-state index contributed by atoms with van der Waals surface area (Å²) in [5.74, 6) is 0.0642. The number of thiazole rings is 1. The second-order valence-corrected chi connectivity index (χ2v) is 11.3. The Labute approximate surface area is 251 Å². The van der Waals surface area contributed by atoms with Crippen LogP contribution in [-0.4, -0.2) is 61.4 Å². The molecule has 0 bridgehead atoms. The van der Waals surface area contributed by atoms with Crippen LogP contribution in [0.3, 0.4) is 0 Å². The highest BCUT2D eigenvalue weighted by molar-refractivity contribution is 7.21. The maximum atomic E-state index is 12.9. The van der Waals surface area contributed by atoms with Gasteiger partial charge in [-0.1, -0.05) is 12.1 Å². The van der Waals surface area contributed by atoms with Crippen molar-refractivity contribution < 1.29 is 28.2 Å². The molecule has 6 rings (SSSR count). The van der Waals surface area contributed by atoms with E-state index in [0.29, 0.717) is 28.8 Å². The van der Waals surface area contributed by atoms with Crippen LogP contribution in [0.25, 0.3) is 21.0 Å². The number of rotatable bonds is 9. The number of furan rings is 1. The number of ether oxygens (including phenoxy) is 2. The average Bonchev–Trinajstić information content (AvgIpc) is 3.70. The van der Waals surface area contributed by atoms with Gasteiger partial charge in [-0.25, -0.2) is 4.98 Å². The van der Waals surface area contributed by atoms with E-state index in [9.17, 15) is 14.7 Å². The zero-order chi connectivity index (χ0) is 29.9. The molecule has 43 heavy (non-hydrogen) atoms. The van der Waals surface area contributed by atoms with E-state index < -0.39 is 23.1 Å². The van der Waals surface area contributed by atoms with Crippen molar-refractivity contribution in [2.75, 3.05) is 45.3 Å². The van der Waals surface area contributed by atoms with Crippen molar-refractivity contribution in [1.29, 1.82) is 0 Å². The first-order chi connectivity index (χ1) is 20.9. The summed E-state index contributed by atoms with van der Waals surface area (Å²) >= 11 is 1.48. The third-order valence-electron chi connectivity index (χ3n) is 7.58. The Morgan fingerprint density at radius 3 is 2.51 bits per heavy atom. The summed E-state index contributed by atoms with van der Waals surface area (Å²) < 4.78 is 23.5. The lowest BCUT2D eigenvalue weighted by molar-refractivity contribution is -0.141. The van der Waals surface area contributed by atoms with Crippen LogP contribution < -0.4 is 15.1 Å². The number of hydrogen-bond acceptors (Lipinski definition) is 11. The number of carbonyl (C=O) groups excluding carboxylic acids is 1. The van der Waals surface area contributed by atoms with Crippen LogP contribution >= 0.6 is 11.3 Å². The van der Waals surface area contributed by atoms with Crippen LogP contribution in [0.1, 0.15) is 29.6 Å². The molecule has 0 radical (unpaired) electrons. The smallest absolute Gasteiger partial charge is 0.306 e. The second kappa shape index (κ2) is 12.3. The Bertz CT molecular complexity index is 1750. The summed E-state index contributed by atoms with van der Waals surface area (Å²) in [6, 6.07) is 20.5. The van der Waals surface area contributed by atoms with Gasteiger partial charge in [0.1, 0.15) is 17.3 Å². The lowest BCUT2D eigenvalue weighted by Gasteiger charge is -2.35. The Kier molecular flexibility index (Phi) is 8.17. The highest BCUT2D eigenvalue weighted by Crippen LogP contribution is 2.38. The van der Waals surface area contributed by atoms with Crippen molar-refractivity contribution in [3.05, 3.63) is 94.2 Å². The molecule has 1 unspecified atom stereocenters. The molecule has 1 aliphatic heterocycles. The summed E-state index contributed by atoms with van der Waals surface area (Å²) in [5, 5.41) is 11.5. The van der Waals surface area contributed by atoms with Gasteiger partial charge < -0.3 is 28.3 Å². The minimum absolute atomic E-state index is 0.0324. The SMILES string of the molecule is COC(=O)CC(c1ccc(-c2nc3ccccc3s2)o1)c1oc(CN2CCN(c3ccc(OC)cc3)CC2)cc(=O)c1O. The van der Waals surface area contributed by atoms with Crippen molar-refractivity contribution in [3.63, 3.8) is 0 Å². The first kappa shape index (κ1) is 28.5. The van der Waals surface area contributed by atoms with Gasteiger partial charge >= 0.3 is 5.97 Å². The van der Waals surface area contributed by atoms with Gasteiger partial charge in [-0.3, -0.25) is 14.5 Å². The second-order valence-electron chi connectivity index (χ2n) is 10.3. The molecule has 4 heterocycles. The van der Waals surface area contributed by atoms with E-state index in [4.69, 9.17) is 18.3 Å². The van der Waals surface area contributed by atoms with Gasteiger partial charge in [-0.15, -0.1) is 11.3 Å². The molecule has 10 nitrogen and oxygen atoms in total. The molecular weight excluding hydrogens is 570 g/mol. The molecule has 0 spiro atoms. The molecule has 0 amide bonds. The van der Waals surface area contributed by atoms with Gasteiger partial charge in [-0.2, -0.15) is 0 Å². The predicted octanol–water partition coefficient (Wildman–Crippen LogP) is 5.24. The zero-order valence-electron chi connectivity index (χ0n) is 23.8. The van der Waals surface area contributed by atoms with Crippen molar-refractivity contribution in [2.24, 2.45) is 0 Å². The molecule has 1 N–H and O–H groups in total. The standard InChI is InChI=1S/C32H31N3O7S/c1-39-21-9-7-20(8-10-21)35-15-13-34(14-16-35)19-22-17-25(36)30(38)31(41-22)23(18-29(37)40-2)26-11-12-27(42-26)32-33-24-5-3-4-6-28(24)43-32/h3-12,17,23,38H,13-16,18-19H2,1-2H3. The molecule has 1 saturated heterocycles. The number of aromatic nitrogens is 1. The fourth-order valence-corrected chi connectivity index (χ4v) is 6.18. The Hall–Kier alpha value is -4.61. The van der Waals surface area contributed by atoms with Gasteiger partial charge in [-0.05, 0) is 48.5 Å². The first-order valence-electron chi connectivity index (χ1n) is 13.9. The molecule has 0 saturated carbocycles. The Morgan fingerprint density at radius 1 is 1.02 bits per heavy atom. The van der Waals surface area contributed by atoms with E-state index in [0.717, 1.165) is 47.8 Å². The summed E-state index contributed by atoms with van der Waals surface area (Å²) in [6.07, 6.45) is -0.191.